The average Bonchev–Trinajstić information content (AvgIpc) is 2.71. The summed E-state index contributed by atoms with van der Waals surface area (Å²) in [6.07, 6.45) is 2.79. The van der Waals surface area contributed by atoms with Gasteiger partial charge in [-0.15, -0.1) is 0 Å². The molecule has 0 fully saturated rings. The quantitative estimate of drug-likeness (QED) is 0.696. The predicted octanol–water partition coefficient (Wildman–Crippen LogP) is 2.65. The zero-order valence-electron chi connectivity index (χ0n) is 15.3. The fourth-order valence-corrected chi connectivity index (χ4v) is 2.51. The molecule has 0 unspecified atom stereocenters. The molecule has 142 valence electrons. The van der Waals surface area contributed by atoms with Gasteiger partial charge in [0.15, 0.2) is 6.04 Å². The summed E-state index contributed by atoms with van der Waals surface area (Å²) >= 11 is 0. The number of aliphatic hydroxyl groups is 1. The number of anilines is 1. The average molecular weight is 369 g/mol. The summed E-state index contributed by atoms with van der Waals surface area (Å²) in [6.45, 7) is 1.75. The molecule has 0 bridgehead atoms. The van der Waals surface area contributed by atoms with E-state index in [2.05, 4.69) is 5.32 Å². The molecule has 0 heterocycles. The van der Waals surface area contributed by atoms with Gasteiger partial charge in [0.2, 0.25) is 5.60 Å². The molecule has 0 aliphatic heterocycles. The van der Waals surface area contributed by atoms with Crippen molar-refractivity contribution in [2.45, 2.75) is 18.6 Å². The second-order valence-corrected chi connectivity index (χ2v) is 5.76. The van der Waals surface area contributed by atoms with Crippen molar-refractivity contribution in [1.29, 1.82) is 0 Å². The number of esters is 2. The molecule has 2 aromatic rings. The first-order valence-electron chi connectivity index (χ1n) is 8.54. The second-order valence-electron chi connectivity index (χ2n) is 5.76. The maximum absolute atomic E-state index is 12.5. The van der Waals surface area contributed by atoms with E-state index in [-0.39, 0.29) is 6.61 Å². The third-order valence-corrected chi connectivity index (χ3v) is 3.89. The molecule has 0 aliphatic rings. The predicted molar refractivity (Wildman–Crippen MR) is 103 cm³/mol. The summed E-state index contributed by atoms with van der Waals surface area (Å²) in [4.78, 5) is 25.0. The highest BCUT2D eigenvalue weighted by molar-refractivity contribution is 5.94. The van der Waals surface area contributed by atoms with Gasteiger partial charge >= 0.3 is 11.9 Å². The number of para-hydroxylation sites is 1. The lowest BCUT2D eigenvalue weighted by molar-refractivity contribution is -0.166. The molecule has 2 rings (SSSR count). The van der Waals surface area contributed by atoms with Crippen molar-refractivity contribution in [3.63, 3.8) is 0 Å². The van der Waals surface area contributed by atoms with Crippen molar-refractivity contribution in [2.75, 3.05) is 19.0 Å². The van der Waals surface area contributed by atoms with Crippen LogP contribution in [-0.4, -0.2) is 42.4 Å². The van der Waals surface area contributed by atoms with Crippen molar-refractivity contribution in [3.8, 4) is 0 Å². The first-order valence-corrected chi connectivity index (χ1v) is 8.54. The smallest absolute Gasteiger partial charge is 0.344 e. The van der Waals surface area contributed by atoms with Crippen LogP contribution < -0.4 is 5.32 Å². The molecule has 0 saturated carbocycles. The minimum atomic E-state index is -2.27. The van der Waals surface area contributed by atoms with Gasteiger partial charge in [-0.2, -0.15) is 0 Å². The number of carbonyl (C=O) groups is 2. The Morgan fingerprint density at radius 2 is 1.70 bits per heavy atom. The van der Waals surface area contributed by atoms with Gasteiger partial charge in [-0.25, -0.2) is 9.59 Å². The summed E-state index contributed by atoms with van der Waals surface area (Å²) in [5.74, 6) is -1.75. The van der Waals surface area contributed by atoms with Crippen LogP contribution in [0.1, 0.15) is 12.5 Å². The van der Waals surface area contributed by atoms with E-state index in [1.807, 2.05) is 24.3 Å². The summed E-state index contributed by atoms with van der Waals surface area (Å²) in [5.41, 5.74) is -0.972. The lowest BCUT2D eigenvalue weighted by Crippen LogP contribution is -2.56. The molecular weight excluding hydrogens is 346 g/mol. The third kappa shape index (κ3) is 5.18. The molecule has 6 heteroatoms. The highest BCUT2D eigenvalue weighted by Crippen LogP contribution is 2.23. The van der Waals surface area contributed by atoms with Crippen LogP contribution in [0.3, 0.4) is 0 Å². The van der Waals surface area contributed by atoms with Crippen LogP contribution >= 0.6 is 0 Å². The number of carbonyl (C=O) groups excluding carboxylic acids is 2. The molecule has 0 saturated heterocycles. The third-order valence-electron chi connectivity index (χ3n) is 3.89. The van der Waals surface area contributed by atoms with E-state index < -0.39 is 23.6 Å². The van der Waals surface area contributed by atoms with Gasteiger partial charge in [-0.1, -0.05) is 54.6 Å². The standard InChI is InChI=1S/C21H23NO5/c1-3-27-19(23)18(22-17-12-8-5-9-13-17)21(25,20(24)26-2)15-14-16-10-6-4-7-11-16/h4-15,18,22,25H,3H2,1-2H3/b15-14+/t18-,21+/m1/s1. The molecule has 0 spiro atoms. The van der Waals surface area contributed by atoms with Gasteiger partial charge in [-0.3, -0.25) is 0 Å². The van der Waals surface area contributed by atoms with Gasteiger partial charge in [0.1, 0.15) is 0 Å². The highest BCUT2D eigenvalue weighted by Gasteiger charge is 2.48. The normalized spacial score (nSPS) is 14.2. The second kappa shape index (κ2) is 9.54. The van der Waals surface area contributed by atoms with Crippen molar-refractivity contribution in [3.05, 3.63) is 72.3 Å². The number of ether oxygens (including phenoxy) is 2. The van der Waals surface area contributed by atoms with E-state index in [1.54, 1.807) is 49.4 Å². The topological polar surface area (TPSA) is 84.9 Å². The largest absolute Gasteiger partial charge is 0.467 e. The van der Waals surface area contributed by atoms with Gasteiger partial charge in [-0.05, 0) is 30.7 Å². The van der Waals surface area contributed by atoms with Crippen LogP contribution in [0.25, 0.3) is 6.08 Å². The van der Waals surface area contributed by atoms with E-state index >= 15 is 0 Å². The first kappa shape index (κ1) is 20.2. The SMILES string of the molecule is CCOC(=O)[C@@H](Nc1ccccc1)[C@@](O)(/C=C/c1ccccc1)C(=O)OC. The zero-order valence-corrected chi connectivity index (χ0v) is 15.3. The van der Waals surface area contributed by atoms with E-state index in [9.17, 15) is 14.7 Å². The number of benzene rings is 2. The van der Waals surface area contributed by atoms with Gasteiger partial charge in [0, 0.05) is 5.69 Å². The minimum absolute atomic E-state index is 0.103. The van der Waals surface area contributed by atoms with Crippen LogP contribution in [-0.2, 0) is 19.1 Å². The van der Waals surface area contributed by atoms with Crippen LogP contribution in [0.15, 0.2) is 66.7 Å². The lowest BCUT2D eigenvalue weighted by atomic mass is 9.92. The fraction of sp³-hybridized carbons (Fsp3) is 0.238. The molecule has 0 aliphatic carbocycles. The Morgan fingerprint density at radius 1 is 1.11 bits per heavy atom. The molecule has 0 amide bonds. The summed E-state index contributed by atoms with van der Waals surface area (Å²) < 4.78 is 9.83. The molecule has 2 N–H and O–H groups in total. The van der Waals surface area contributed by atoms with Crippen molar-refractivity contribution in [1.82, 2.24) is 0 Å². The van der Waals surface area contributed by atoms with E-state index in [1.165, 1.54) is 6.08 Å². The Morgan fingerprint density at radius 3 is 2.26 bits per heavy atom. The monoisotopic (exact) mass is 369 g/mol. The van der Waals surface area contributed by atoms with E-state index in [0.717, 1.165) is 12.7 Å². The molecule has 0 aromatic heterocycles. The summed E-state index contributed by atoms with van der Waals surface area (Å²) in [7, 11) is 1.15. The number of hydrogen-bond acceptors (Lipinski definition) is 6. The van der Waals surface area contributed by atoms with Gasteiger partial charge < -0.3 is 19.9 Å². The molecule has 6 nitrogen and oxygen atoms in total. The van der Waals surface area contributed by atoms with Crippen molar-refractivity contribution >= 4 is 23.7 Å². The Labute approximate surface area is 158 Å². The fourth-order valence-electron chi connectivity index (χ4n) is 2.51. The Balaban J connectivity index is 2.44. The maximum Gasteiger partial charge on any atom is 0.344 e. The Kier molecular flexibility index (Phi) is 7.14. The Hall–Kier alpha value is -3.12. The molecular formula is C21H23NO5. The van der Waals surface area contributed by atoms with E-state index in [4.69, 9.17) is 9.47 Å². The minimum Gasteiger partial charge on any atom is -0.467 e. The summed E-state index contributed by atoms with van der Waals surface area (Å²) in [6, 6.07) is 16.5. The molecule has 2 aromatic carbocycles. The lowest BCUT2D eigenvalue weighted by Gasteiger charge is -2.30. The zero-order chi connectivity index (χ0) is 19.7. The van der Waals surface area contributed by atoms with Crippen molar-refractivity contribution in [2.24, 2.45) is 0 Å². The number of hydrogen-bond donors (Lipinski definition) is 2. The molecule has 2 atom stereocenters. The molecule has 0 radical (unpaired) electrons. The highest BCUT2D eigenvalue weighted by atomic mass is 16.5. The van der Waals surface area contributed by atoms with Crippen LogP contribution in [0.5, 0.6) is 0 Å². The van der Waals surface area contributed by atoms with Crippen LogP contribution in [0, 0.1) is 0 Å². The maximum atomic E-state index is 12.5. The first-order chi connectivity index (χ1) is 13.0. The van der Waals surface area contributed by atoms with E-state index in [0.29, 0.717) is 5.69 Å². The summed E-state index contributed by atoms with van der Waals surface area (Å²) in [5, 5.41) is 14.0. The number of nitrogens with one attached hydrogen (secondary N) is 1. The van der Waals surface area contributed by atoms with Crippen molar-refractivity contribution < 1.29 is 24.2 Å². The van der Waals surface area contributed by atoms with Crippen LogP contribution in [0.4, 0.5) is 5.69 Å². The molecule has 27 heavy (non-hydrogen) atoms. The number of methoxy groups -OCH3 is 1. The van der Waals surface area contributed by atoms with Gasteiger partial charge in [0.05, 0.1) is 13.7 Å². The number of rotatable bonds is 8. The van der Waals surface area contributed by atoms with Gasteiger partial charge in [0.25, 0.3) is 0 Å². The Bertz CT molecular complexity index is 776. The van der Waals surface area contributed by atoms with Crippen LogP contribution in [0.2, 0.25) is 0 Å².